The number of nitrogens with zero attached hydrogens (tertiary/aromatic N) is 1. The van der Waals surface area contributed by atoms with Gasteiger partial charge < -0.3 is 19.2 Å². The van der Waals surface area contributed by atoms with E-state index in [1.165, 1.54) is 31.6 Å². The zero-order chi connectivity index (χ0) is 24.4. The number of imide groups is 1. The summed E-state index contributed by atoms with van der Waals surface area (Å²) in [6.45, 7) is 1.18. The number of rotatable bonds is 7. The van der Waals surface area contributed by atoms with Crippen molar-refractivity contribution in [3.05, 3.63) is 81.8 Å². The van der Waals surface area contributed by atoms with Gasteiger partial charge in [-0.25, -0.2) is 4.79 Å². The van der Waals surface area contributed by atoms with Crippen LogP contribution in [0, 0.1) is 6.92 Å². The minimum Gasteiger partial charge on any atom is -0.495 e. The van der Waals surface area contributed by atoms with Gasteiger partial charge in [-0.3, -0.25) is 19.3 Å². The topological polar surface area (TPSA) is 115 Å². The number of fused-ring (bicyclic) bond motifs is 1. The SMILES string of the molecule is COc1cc(Cl)c(C)cc1NC(=O)COC(=O)c1ccc2c(c1)C(=O)N(Cc1ccco1)C2=O. The highest BCUT2D eigenvalue weighted by atomic mass is 35.5. The lowest BCUT2D eigenvalue weighted by Crippen LogP contribution is -2.28. The maximum Gasteiger partial charge on any atom is 0.338 e. The van der Waals surface area contributed by atoms with Crippen molar-refractivity contribution in [3.8, 4) is 5.75 Å². The summed E-state index contributed by atoms with van der Waals surface area (Å²) in [5.74, 6) is -1.63. The van der Waals surface area contributed by atoms with Gasteiger partial charge in [-0.05, 0) is 48.9 Å². The molecule has 0 saturated heterocycles. The Balaban J connectivity index is 1.41. The molecule has 0 atom stereocenters. The lowest BCUT2D eigenvalue weighted by Gasteiger charge is -2.12. The Morgan fingerprint density at radius 3 is 2.56 bits per heavy atom. The zero-order valence-corrected chi connectivity index (χ0v) is 19.0. The van der Waals surface area contributed by atoms with E-state index >= 15 is 0 Å². The number of halogens is 1. The van der Waals surface area contributed by atoms with Crippen LogP contribution in [0.4, 0.5) is 5.69 Å². The highest BCUT2D eigenvalue weighted by molar-refractivity contribution is 6.31. The summed E-state index contributed by atoms with van der Waals surface area (Å²) in [5, 5.41) is 3.08. The van der Waals surface area contributed by atoms with Gasteiger partial charge in [0.2, 0.25) is 0 Å². The van der Waals surface area contributed by atoms with E-state index in [0.717, 1.165) is 10.5 Å². The summed E-state index contributed by atoms with van der Waals surface area (Å²) in [5.41, 5.74) is 1.40. The molecular formula is C24H19ClN2O7. The first-order valence-corrected chi connectivity index (χ1v) is 10.5. The average molecular weight is 483 g/mol. The molecule has 0 saturated carbocycles. The smallest absolute Gasteiger partial charge is 0.338 e. The Bertz CT molecular complexity index is 1300. The largest absolute Gasteiger partial charge is 0.495 e. The third-order valence-electron chi connectivity index (χ3n) is 5.19. The molecule has 3 amide bonds. The van der Waals surface area contributed by atoms with Gasteiger partial charge in [-0.15, -0.1) is 0 Å². The summed E-state index contributed by atoms with van der Waals surface area (Å²) in [6, 6.07) is 10.5. The van der Waals surface area contributed by atoms with Gasteiger partial charge in [0.1, 0.15) is 11.5 Å². The van der Waals surface area contributed by atoms with E-state index in [0.29, 0.717) is 22.2 Å². The van der Waals surface area contributed by atoms with Crippen molar-refractivity contribution >= 4 is 41.0 Å². The highest BCUT2D eigenvalue weighted by Gasteiger charge is 2.36. The van der Waals surface area contributed by atoms with Crippen LogP contribution in [-0.4, -0.2) is 42.3 Å². The van der Waals surface area contributed by atoms with Crippen molar-refractivity contribution in [2.75, 3.05) is 19.0 Å². The number of amides is 3. The number of aryl methyl sites for hydroxylation is 1. The Morgan fingerprint density at radius 1 is 1.09 bits per heavy atom. The fourth-order valence-corrected chi connectivity index (χ4v) is 3.60. The minimum absolute atomic E-state index is 0.0209. The molecule has 34 heavy (non-hydrogen) atoms. The van der Waals surface area contributed by atoms with Crippen molar-refractivity contribution in [3.63, 3.8) is 0 Å². The van der Waals surface area contributed by atoms with Crippen LogP contribution in [-0.2, 0) is 16.1 Å². The number of carbonyl (C=O) groups excluding carboxylic acids is 4. The minimum atomic E-state index is -0.818. The fraction of sp³-hybridized carbons (Fsp3) is 0.167. The molecule has 174 valence electrons. The summed E-state index contributed by atoms with van der Waals surface area (Å²) >= 11 is 6.06. The first-order chi connectivity index (χ1) is 16.3. The van der Waals surface area contributed by atoms with E-state index in [4.69, 9.17) is 25.5 Å². The molecule has 0 aliphatic carbocycles. The predicted octanol–water partition coefficient (Wildman–Crippen LogP) is 3.84. The molecule has 0 radical (unpaired) electrons. The Hall–Kier alpha value is -4.11. The van der Waals surface area contributed by atoms with E-state index in [1.54, 1.807) is 31.2 Å². The Labute approximate surface area is 199 Å². The van der Waals surface area contributed by atoms with E-state index in [2.05, 4.69) is 5.32 Å². The van der Waals surface area contributed by atoms with Gasteiger partial charge >= 0.3 is 5.97 Å². The van der Waals surface area contributed by atoms with Crippen molar-refractivity contribution in [1.29, 1.82) is 0 Å². The Kier molecular flexibility index (Phi) is 6.38. The van der Waals surface area contributed by atoms with Crippen molar-refractivity contribution in [2.24, 2.45) is 0 Å². The number of esters is 1. The summed E-state index contributed by atoms with van der Waals surface area (Å²) in [6.07, 6.45) is 1.45. The van der Waals surface area contributed by atoms with Gasteiger partial charge in [0.05, 0.1) is 42.3 Å². The van der Waals surface area contributed by atoms with Crippen molar-refractivity contribution in [2.45, 2.75) is 13.5 Å². The van der Waals surface area contributed by atoms with E-state index in [-0.39, 0.29) is 23.2 Å². The molecule has 1 aliphatic rings. The average Bonchev–Trinajstić information content (AvgIpc) is 3.42. The second-order valence-corrected chi connectivity index (χ2v) is 7.87. The number of ether oxygens (including phenoxy) is 2. The maximum absolute atomic E-state index is 12.7. The highest BCUT2D eigenvalue weighted by Crippen LogP contribution is 2.31. The molecule has 0 bridgehead atoms. The third-order valence-corrected chi connectivity index (χ3v) is 5.60. The Morgan fingerprint density at radius 2 is 1.85 bits per heavy atom. The van der Waals surface area contributed by atoms with Gasteiger partial charge in [0.25, 0.3) is 17.7 Å². The number of hydrogen-bond acceptors (Lipinski definition) is 7. The molecule has 1 N–H and O–H groups in total. The summed E-state index contributed by atoms with van der Waals surface area (Å²) in [4.78, 5) is 51.1. The lowest BCUT2D eigenvalue weighted by molar-refractivity contribution is -0.119. The van der Waals surface area contributed by atoms with E-state index < -0.39 is 30.3 Å². The van der Waals surface area contributed by atoms with Crippen LogP contribution in [0.3, 0.4) is 0 Å². The quantitative estimate of drug-likeness (QED) is 0.402. The summed E-state index contributed by atoms with van der Waals surface area (Å²) in [7, 11) is 1.44. The first-order valence-electron chi connectivity index (χ1n) is 10.1. The second-order valence-electron chi connectivity index (χ2n) is 7.46. The van der Waals surface area contributed by atoms with Gasteiger partial charge in [-0.1, -0.05) is 11.6 Å². The standard InChI is InChI=1S/C24H19ClN2O7/c1-13-8-19(20(32-2)10-18(13)25)26-21(28)12-34-24(31)14-5-6-16-17(9-14)23(30)27(22(16)29)11-15-4-3-7-33-15/h3-10H,11-12H2,1-2H3,(H,26,28). The molecule has 1 aliphatic heterocycles. The first kappa shape index (κ1) is 23.1. The molecule has 1 aromatic heterocycles. The van der Waals surface area contributed by atoms with Crippen LogP contribution in [0.1, 0.15) is 42.4 Å². The summed E-state index contributed by atoms with van der Waals surface area (Å²) < 4.78 is 15.5. The molecule has 0 fully saturated rings. The second kappa shape index (κ2) is 9.40. The lowest BCUT2D eigenvalue weighted by atomic mass is 10.1. The molecule has 0 spiro atoms. The number of nitrogens with one attached hydrogen (secondary N) is 1. The molecule has 4 rings (SSSR count). The number of benzene rings is 2. The van der Waals surface area contributed by atoms with Gasteiger partial charge in [0.15, 0.2) is 6.61 Å². The van der Waals surface area contributed by atoms with Crippen LogP contribution in [0.5, 0.6) is 5.75 Å². The van der Waals surface area contributed by atoms with Crippen LogP contribution in [0.15, 0.2) is 53.1 Å². The molecule has 9 nitrogen and oxygen atoms in total. The zero-order valence-electron chi connectivity index (χ0n) is 18.2. The molecule has 2 aromatic carbocycles. The molecular weight excluding hydrogens is 464 g/mol. The van der Waals surface area contributed by atoms with Crippen LogP contribution < -0.4 is 10.1 Å². The molecule has 3 aromatic rings. The van der Waals surface area contributed by atoms with Gasteiger partial charge in [0, 0.05) is 11.1 Å². The number of hydrogen-bond donors (Lipinski definition) is 1. The third kappa shape index (κ3) is 4.51. The predicted molar refractivity (Wildman–Crippen MR) is 121 cm³/mol. The van der Waals surface area contributed by atoms with E-state index in [1.807, 2.05) is 0 Å². The number of methoxy groups -OCH3 is 1. The van der Waals surface area contributed by atoms with Crippen molar-refractivity contribution in [1.82, 2.24) is 4.90 Å². The van der Waals surface area contributed by atoms with E-state index in [9.17, 15) is 19.2 Å². The fourth-order valence-electron chi connectivity index (χ4n) is 3.45. The van der Waals surface area contributed by atoms with Crippen LogP contribution in [0.25, 0.3) is 0 Å². The van der Waals surface area contributed by atoms with Crippen LogP contribution in [0.2, 0.25) is 5.02 Å². The monoisotopic (exact) mass is 482 g/mol. The molecule has 10 heteroatoms. The normalized spacial score (nSPS) is 12.5. The molecule has 2 heterocycles. The number of carbonyl (C=O) groups is 4. The van der Waals surface area contributed by atoms with Gasteiger partial charge in [-0.2, -0.15) is 0 Å². The molecule has 0 unspecified atom stereocenters. The number of anilines is 1. The number of furan rings is 1. The van der Waals surface area contributed by atoms with Crippen molar-refractivity contribution < 1.29 is 33.1 Å². The maximum atomic E-state index is 12.7. The van der Waals surface area contributed by atoms with Crippen LogP contribution >= 0.6 is 11.6 Å².